The maximum atomic E-state index is 11.5. The first-order valence-electron chi connectivity index (χ1n) is 3.66. The van der Waals surface area contributed by atoms with Gasteiger partial charge in [0.05, 0.1) is 10.9 Å². The van der Waals surface area contributed by atoms with Crippen molar-refractivity contribution in [2.75, 3.05) is 6.54 Å². The van der Waals surface area contributed by atoms with Crippen LogP contribution in [0.1, 0.15) is 5.56 Å². The Morgan fingerprint density at radius 2 is 2.36 bits per heavy atom. The quantitative estimate of drug-likeness (QED) is 0.828. The van der Waals surface area contributed by atoms with E-state index in [0.29, 0.717) is 4.34 Å². The van der Waals surface area contributed by atoms with Crippen LogP contribution >= 0.6 is 22.9 Å². The van der Waals surface area contributed by atoms with Crippen LogP contribution in [0.4, 0.5) is 0 Å². The Kier molecular flexibility index (Phi) is 3.56. The number of terminal acetylenes is 1. The molecule has 1 aromatic rings. The summed E-state index contributed by atoms with van der Waals surface area (Å²) >= 11 is 6.77. The van der Waals surface area contributed by atoms with E-state index in [1.807, 2.05) is 0 Å². The number of thiophene rings is 1. The molecule has 0 fully saturated rings. The topological polar surface area (TPSA) is 46.2 Å². The molecule has 0 aliphatic rings. The monoisotopic (exact) mass is 249 g/mol. The van der Waals surface area contributed by atoms with E-state index in [1.54, 1.807) is 6.92 Å². The molecule has 0 bridgehead atoms. The van der Waals surface area contributed by atoms with Gasteiger partial charge in [0.2, 0.25) is 0 Å². The molecule has 1 heterocycles. The van der Waals surface area contributed by atoms with Gasteiger partial charge in [-0.1, -0.05) is 17.5 Å². The lowest BCUT2D eigenvalue weighted by Crippen LogP contribution is -2.22. The molecule has 0 saturated carbocycles. The standard InChI is InChI=1S/C8H8ClNO2S2/c1-3-4-10-14(11,12)7-5-6(2)8(9)13-7/h1,5,10H,4H2,2H3. The summed E-state index contributed by atoms with van der Waals surface area (Å²) in [4.78, 5) is 0. The maximum Gasteiger partial charge on any atom is 0.250 e. The number of hydrogen-bond donors (Lipinski definition) is 1. The second kappa shape index (κ2) is 4.32. The van der Waals surface area contributed by atoms with E-state index in [-0.39, 0.29) is 10.8 Å². The van der Waals surface area contributed by atoms with E-state index in [0.717, 1.165) is 16.9 Å². The van der Waals surface area contributed by atoms with Gasteiger partial charge in [-0.2, -0.15) is 4.72 Å². The van der Waals surface area contributed by atoms with E-state index in [2.05, 4.69) is 10.6 Å². The summed E-state index contributed by atoms with van der Waals surface area (Å²) in [5, 5.41) is 0. The lowest BCUT2D eigenvalue weighted by atomic mass is 10.4. The van der Waals surface area contributed by atoms with Crippen LogP contribution in [0.15, 0.2) is 10.3 Å². The first kappa shape index (κ1) is 11.5. The minimum Gasteiger partial charge on any atom is -0.206 e. The van der Waals surface area contributed by atoms with E-state index in [9.17, 15) is 8.42 Å². The summed E-state index contributed by atoms with van der Waals surface area (Å²) in [6, 6.07) is 1.52. The van der Waals surface area contributed by atoms with Crippen molar-refractivity contribution in [3.05, 3.63) is 16.0 Å². The van der Waals surface area contributed by atoms with Gasteiger partial charge in [0.1, 0.15) is 4.21 Å². The van der Waals surface area contributed by atoms with Gasteiger partial charge in [0, 0.05) is 0 Å². The molecule has 0 amide bonds. The highest BCUT2D eigenvalue weighted by atomic mass is 35.5. The zero-order valence-corrected chi connectivity index (χ0v) is 9.76. The average molecular weight is 250 g/mol. The molecule has 0 aliphatic carbocycles. The van der Waals surface area contributed by atoms with Gasteiger partial charge in [0.25, 0.3) is 10.0 Å². The van der Waals surface area contributed by atoms with Crippen molar-refractivity contribution >= 4 is 33.0 Å². The molecule has 6 heteroatoms. The molecule has 1 aromatic heterocycles. The van der Waals surface area contributed by atoms with Gasteiger partial charge in [-0.05, 0) is 18.6 Å². The molecule has 3 nitrogen and oxygen atoms in total. The second-order valence-electron chi connectivity index (χ2n) is 2.55. The number of rotatable bonds is 3. The van der Waals surface area contributed by atoms with Crippen molar-refractivity contribution in [2.45, 2.75) is 11.1 Å². The normalized spacial score (nSPS) is 11.2. The Bertz CT molecular complexity index is 451. The summed E-state index contributed by atoms with van der Waals surface area (Å²) in [5.74, 6) is 2.20. The molecule has 0 radical (unpaired) electrons. The van der Waals surface area contributed by atoms with E-state index in [4.69, 9.17) is 18.0 Å². The summed E-state index contributed by atoms with van der Waals surface area (Å²) in [6.45, 7) is 1.73. The molecule has 0 atom stereocenters. The number of hydrogen-bond acceptors (Lipinski definition) is 3. The van der Waals surface area contributed by atoms with Crippen LogP contribution in [0.2, 0.25) is 4.34 Å². The fourth-order valence-corrected chi connectivity index (χ4v) is 3.46. The van der Waals surface area contributed by atoms with Crippen molar-refractivity contribution in [1.29, 1.82) is 0 Å². The second-order valence-corrected chi connectivity index (χ2v) is 6.20. The fourth-order valence-electron chi connectivity index (χ4n) is 0.772. The van der Waals surface area contributed by atoms with Crippen molar-refractivity contribution < 1.29 is 8.42 Å². The molecule has 14 heavy (non-hydrogen) atoms. The van der Waals surface area contributed by atoms with Crippen LogP contribution in [0, 0.1) is 19.3 Å². The minimum absolute atomic E-state index is 0.0170. The average Bonchev–Trinajstić information content (AvgIpc) is 2.45. The molecular formula is C8H8ClNO2S2. The highest BCUT2D eigenvalue weighted by Crippen LogP contribution is 2.29. The molecule has 0 unspecified atom stereocenters. The van der Waals surface area contributed by atoms with Crippen LogP contribution in [-0.4, -0.2) is 15.0 Å². The number of halogens is 1. The Balaban J connectivity index is 3.00. The first-order valence-corrected chi connectivity index (χ1v) is 6.34. The maximum absolute atomic E-state index is 11.5. The highest BCUT2D eigenvalue weighted by molar-refractivity contribution is 7.91. The predicted molar refractivity (Wildman–Crippen MR) is 58.1 cm³/mol. The zero-order chi connectivity index (χ0) is 10.8. The van der Waals surface area contributed by atoms with Crippen LogP contribution in [-0.2, 0) is 10.0 Å². The Hall–Kier alpha value is -0.540. The summed E-state index contributed by atoms with van der Waals surface area (Å²) in [5.41, 5.74) is 0.748. The lowest BCUT2D eigenvalue weighted by Gasteiger charge is -1.98. The zero-order valence-electron chi connectivity index (χ0n) is 7.37. The van der Waals surface area contributed by atoms with Gasteiger partial charge >= 0.3 is 0 Å². The number of nitrogens with one attached hydrogen (secondary N) is 1. The van der Waals surface area contributed by atoms with Crippen molar-refractivity contribution in [3.63, 3.8) is 0 Å². The Labute approximate surface area is 92.1 Å². The molecule has 0 spiro atoms. The van der Waals surface area contributed by atoms with Crippen LogP contribution in [0.5, 0.6) is 0 Å². The van der Waals surface area contributed by atoms with Gasteiger partial charge in [0.15, 0.2) is 0 Å². The third kappa shape index (κ3) is 2.49. The molecule has 0 aromatic carbocycles. The highest BCUT2D eigenvalue weighted by Gasteiger charge is 2.17. The number of aryl methyl sites for hydroxylation is 1. The minimum atomic E-state index is -3.48. The summed E-state index contributed by atoms with van der Waals surface area (Å²) in [6.07, 6.45) is 4.95. The van der Waals surface area contributed by atoms with Crippen LogP contribution < -0.4 is 4.72 Å². The molecule has 0 saturated heterocycles. The van der Waals surface area contributed by atoms with Gasteiger partial charge in [-0.25, -0.2) is 8.42 Å². The van der Waals surface area contributed by atoms with Crippen LogP contribution in [0.3, 0.4) is 0 Å². The third-order valence-electron chi connectivity index (χ3n) is 1.46. The third-order valence-corrected chi connectivity index (χ3v) is 4.89. The van der Waals surface area contributed by atoms with Gasteiger partial charge in [-0.3, -0.25) is 0 Å². The largest absolute Gasteiger partial charge is 0.250 e. The fraction of sp³-hybridized carbons (Fsp3) is 0.250. The van der Waals surface area contributed by atoms with Crippen molar-refractivity contribution in [3.8, 4) is 12.3 Å². The molecule has 0 aliphatic heterocycles. The molecular weight excluding hydrogens is 242 g/mol. The Morgan fingerprint density at radius 3 is 2.79 bits per heavy atom. The van der Waals surface area contributed by atoms with Gasteiger partial charge in [-0.15, -0.1) is 17.8 Å². The molecule has 1 rings (SSSR count). The van der Waals surface area contributed by atoms with E-state index < -0.39 is 10.0 Å². The van der Waals surface area contributed by atoms with E-state index in [1.165, 1.54) is 6.07 Å². The smallest absolute Gasteiger partial charge is 0.206 e. The van der Waals surface area contributed by atoms with Crippen molar-refractivity contribution in [1.82, 2.24) is 4.72 Å². The molecule has 1 N–H and O–H groups in total. The summed E-state index contributed by atoms with van der Waals surface area (Å²) in [7, 11) is -3.48. The first-order chi connectivity index (χ1) is 6.47. The number of sulfonamides is 1. The van der Waals surface area contributed by atoms with Gasteiger partial charge < -0.3 is 0 Å². The molecule has 76 valence electrons. The SMILES string of the molecule is C#CCNS(=O)(=O)c1cc(C)c(Cl)s1. The van der Waals surface area contributed by atoms with Crippen molar-refractivity contribution in [2.24, 2.45) is 0 Å². The summed E-state index contributed by atoms with van der Waals surface area (Å²) < 4.78 is 25.9. The predicted octanol–water partition coefficient (Wildman–Crippen LogP) is 1.62. The lowest BCUT2D eigenvalue weighted by molar-refractivity contribution is 0.588. The Morgan fingerprint density at radius 1 is 1.71 bits per heavy atom. The van der Waals surface area contributed by atoms with E-state index >= 15 is 0 Å². The van der Waals surface area contributed by atoms with Crippen LogP contribution in [0.25, 0.3) is 0 Å².